The minimum Gasteiger partial charge on any atom is -0.325 e. The minimum atomic E-state index is -0.0999. The summed E-state index contributed by atoms with van der Waals surface area (Å²) in [5.41, 5.74) is 1.83. The molecule has 8 heteroatoms. The SMILES string of the molecule is CCC(CC)C(=O)Nc1nnc(SCC(=O)Nc2ccccc2C)s1. The van der Waals surface area contributed by atoms with Crippen molar-refractivity contribution in [2.24, 2.45) is 5.92 Å². The van der Waals surface area contributed by atoms with E-state index in [1.54, 1.807) is 0 Å². The van der Waals surface area contributed by atoms with Crippen LogP contribution in [0.3, 0.4) is 0 Å². The van der Waals surface area contributed by atoms with Crippen molar-refractivity contribution in [1.29, 1.82) is 0 Å². The van der Waals surface area contributed by atoms with Gasteiger partial charge in [-0.05, 0) is 31.4 Å². The van der Waals surface area contributed by atoms with E-state index in [-0.39, 0.29) is 23.5 Å². The molecule has 1 aromatic carbocycles. The number of carbonyl (C=O) groups is 2. The molecule has 1 heterocycles. The fourth-order valence-electron chi connectivity index (χ4n) is 2.21. The first-order valence-corrected chi connectivity index (χ1v) is 9.96. The molecule has 6 nitrogen and oxygen atoms in total. The summed E-state index contributed by atoms with van der Waals surface area (Å²) in [6, 6.07) is 7.63. The Balaban J connectivity index is 1.84. The molecule has 0 atom stereocenters. The van der Waals surface area contributed by atoms with Gasteiger partial charge >= 0.3 is 0 Å². The van der Waals surface area contributed by atoms with Gasteiger partial charge in [0.15, 0.2) is 4.34 Å². The summed E-state index contributed by atoms with van der Waals surface area (Å²) in [6.45, 7) is 5.92. The van der Waals surface area contributed by atoms with Crippen LogP contribution in [0, 0.1) is 12.8 Å². The van der Waals surface area contributed by atoms with Gasteiger partial charge in [-0.2, -0.15) is 0 Å². The number of hydrogen-bond acceptors (Lipinski definition) is 6. The molecule has 2 aromatic rings. The predicted molar refractivity (Wildman–Crippen MR) is 103 cm³/mol. The zero-order valence-corrected chi connectivity index (χ0v) is 16.2. The summed E-state index contributed by atoms with van der Waals surface area (Å²) >= 11 is 2.58. The highest BCUT2D eigenvalue weighted by Gasteiger charge is 2.16. The summed E-state index contributed by atoms with van der Waals surface area (Å²) in [7, 11) is 0. The number of carbonyl (C=O) groups excluding carboxylic acids is 2. The van der Waals surface area contributed by atoms with E-state index in [0.29, 0.717) is 9.47 Å². The van der Waals surface area contributed by atoms with E-state index in [0.717, 1.165) is 24.1 Å². The fourth-order valence-corrected chi connectivity index (χ4v) is 3.77. The van der Waals surface area contributed by atoms with Gasteiger partial charge in [-0.3, -0.25) is 9.59 Å². The lowest BCUT2D eigenvalue weighted by Crippen LogP contribution is -2.21. The number of nitrogens with zero attached hydrogens (tertiary/aromatic N) is 2. The molecule has 25 heavy (non-hydrogen) atoms. The van der Waals surface area contributed by atoms with Crippen molar-refractivity contribution in [3.05, 3.63) is 29.8 Å². The number of thioether (sulfide) groups is 1. The first kappa shape index (κ1) is 19.4. The monoisotopic (exact) mass is 378 g/mol. The van der Waals surface area contributed by atoms with Gasteiger partial charge in [0.2, 0.25) is 16.9 Å². The molecule has 0 saturated carbocycles. The van der Waals surface area contributed by atoms with Crippen LogP contribution >= 0.6 is 23.1 Å². The van der Waals surface area contributed by atoms with Gasteiger partial charge in [0.25, 0.3) is 0 Å². The zero-order valence-electron chi connectivity index (χ0n) is 14.5. The van der Waals surface area contributed by atoms with Crippen LogP contribution in [0.4, 0.5) is 10.8 Å². The largest absolute Gasteiger partial charge is 0.325 e. The van der Waals surface area contributed by atoms with E-state index in [4.69, 9.17) is 0 Å². The predicted octanol–water partition coefficient (Wildman–Crippen LogP) is 3.95. The molecule has 0 unspecified atom stereocenters. The van der Waals surface area contributed by atoms with Gasteiger partial charge in [-0.15, -0.1) is 10.2 Å². The van der Waals surface area contributed by atoms with Crippen LogP contribution in [-0.2, 0) is 9.59 Å². The van der Waals surface area contributed by atoms with Crippen LogP contribution in [0.2, 0.25) is 0 Å². The van der Waals surface area contributed by atoms with Gasteiger partial charge in [-0.25, -0.2) is 0 Å². The van der Waals surface area contributed by atoms with Crippen molar-refractivity contribution in [2.75, 3.05) is 16.4 Å². The second-order valence-electron chi connectivity index (χ2n) is 5.53. The molecule has 134 valence electrons. The molecular formula is C17H22N4O2S2. The molecule has 2 amide bonds. The van der Waals surface area contributed by atoms with Crippen LogP contribution in [0.15, 0.2) is 28.6 Å². The topological polar surface area (TPSA) is 84.0 Å². The number of rotatable bonds is 8. The molecule has 0 aliphatic carbocycles. The molecule has 0 saturated heterocycles. The number of para-hydroxylation sites is 1. The molecule has 0 fully saturated rings. The molecule has 2 N–H and O–H groups in total. The molecule has 1 aromatic heterocycles. The normalized spacial score (nSPS) is 10.7. The number of amides is 2. The Hall–Kier alpha value is -1.93. The number of anilines is 2. The summed E-state index contributed by atoms with van der Waals surface area (Å²) < 4.78 is 0.653. The fraction of sp³-hybridized carbons (Fsp3) is 0.412. The lowest BCUT2D eigenvalue weighted by Gasteiger charge is -2.09. The van der Waals surface area contributed by atoms with Gasteiger partial charge in [0, 0.05) is 11.6 Å². The number of nitrogens with one attached hydrogen (secondary N) is 2. The average molecular weight is 379 g/mol. The number of benzene rings is 1. The Bertz CT molecular complexity index is 729. The Morgan fingerprint density at radius 3 is 2.56 bits per heavy atom. The van der Waals surface area contributed by atoms with Crippen molar-refractivity contribution >= 4 is 45.7 Å². The first-order valence-electron chi connectivity index (χ1n) is 8.16. The molecule has 0 radical (unpaired) electrons. The third kappa shape index (κ3) is 5.82. The standard InChI is InChI=1S/C17H22N4O2S2/c1-4-12(5-2)15(23)19-16-20-21-17(25-16)24-10-14(22)18-13-9-7-6-8-11(13)3/h6-9,12H,4-5,10H2,1-3H3,(H,18,22)(H,19,20,23). The molecule has 0 aliphatic rings. The lowest BCUT2D eigenvalue weighted by atomic mass is 10.0. The number of aryl methyl sites for hydroxylation is 1. The van der Waals surface area contributed by atoms with Crippen molar-refractivity contribution in [3.63, 3.8) is 0 Å². The van der Waals surface area contributed by atoms with Crippen LogP contribution in [0.5, 0.6) is 0 Å². The van der Waals surface area contributed by atoms with E-state index < -0.39 is 0 Å². The van der Waals surface area contributed by atoms with E-state index >= 15 is 0 Å². The lowest BCUT2D eigenvalue weighted by molar-refractivity contribution is -0.120. The zero-order chi connectivity index (χ0) is 18.2. The molecule has 0 bridgehead atoms. The smallest absolute Gasteiger partial charge is 0.234 e. The molecule has 2 rings (SSSR count). The van der Waals surface area contributed by atoms with Gasteiger partial charge in [0.1, 0.15) is 0 Å². The Morgan fingerprint density at radius 2 is 1.88 bits per heavy atom. The van der Waals surface area contributed by atoms with Crippen LogP contribution < -0.4 is 10.6 Å². The Kier molecular flexibility index (Phi) is 7.39. The van der Waals surface area contributed by atoms with Gasteiger partial charge < -0.3 is 10.6 Å². The summed E-state index contributed by atoms with van der Waals surface area (Å²) in [5.74, 6) is 0.0933. The van der Waals surface area contributed by atoms with Crippen molar-refractivity contribution in [2.45, 2.75) is 38.0 Å². The van der Waals surface area contributed by atoms with Crippen molar-refractivity contribution < 1.29 is 9.59 Å². The summed E-state index contributed by atoms with van der Waals surface area (Å²) in [6.07, 6.45) is 1.59. The molecule has 0 spiro atoms. The van der Waals surface area contributed by atoms with Crippen LogP contribution in [-0.4, -0.2) is 27.8 Å². The highest BCUT2D eigenvalue weighted by molar-refractivity contribution is 8.01. The number of hydrogen-bond donors (Lipinski definition) is 2. The molecule has 0 aliphatic heterocycles. The van der Waals surface area contributed by atoms with Crippen LogP contribution in [0.1, 0.15) is 32.3 Å². The minimum absolute atomic E-state index is 0.0140. The Morgan fingerprint density at radius 1 is 1.16 bits per heavy atom. The maximum absolute atomic E-state index is 12.0. The van der Waals surface area contributed by atoms with Gasteiger partial charge in [0.05, 0.1) is 5.75 Å². The van der Waals surface area contributed by atoms with E-state index in [9.17, 15) is 9.59 Å². The maximum atomic E-state index is 12.0. The second kappa shape index (κ2) is 9.53. The van der Waals surface area contributed by atoms with E-state index in [1.807, 2.05) is 45.0 Å². The first-order chi connectivity index (χ1) is 12.0. The highest BCUT2D eigenvalue weighted by atomic mass is 32.2. The van der Waals surface area contributed by atoms with Crippen LogP contribution in [0.25, 0.3) is 0 Å². The quantitative estimate of drug-likeness (QED) is 0.537. The highest BCUT2D eigenvalue weighted by Crippen LogP contribution is 2.26. The van der Waals surface area contributed by atoms with Crippen molar-refractivity contribution in [1.82, 2.24) is 10.2 Å². The average Bonchev–Trinajstić information content (AvgIpc) is 3.03. The van der Waals surface area contributed by atoms with Crippen molar-refractivity contribution in [3.8, 4) is 0 Å². The molecular weight excluding hydrogens is 356 g/mol. The Labute approximate surface area is 155 Å². The van der Waals surface area contributed by atoms with E-state index in [2.05, 4.69) is 20.8 Å². The van der Waals surface area contributed by atoms with Gasteiger partial charge in [-0.1, -0.05) is 55.1 Å². The summed E-state index contributed by atoms with van der Waals surface area (Å²) in [5, 5.41) is 14.1. The maximum Gasteiger partial charge on any atom is 0.234 e. The number of aromatic nitrogens is 2. The summed E-state index contributed by atoms with van der Waals surface area (Å²) in [4.78, 5) is 24.1. The third-order valence-corrected chi connectivity index (χ3v) is 5.71. The van der Waals surface area contributed by atoms with E-state index in [1.165, 1.54) is 23.1 Å². The second-order valence-corrected chi connectivity index (χ2v) is 7.73. The third-order valence-electron chi connectivity index (χ3n) is 3.74.